The van der Waals surface area contributed by atoms with Gasteiger partial charge in [0.25, 0.3) is 0 Å². The molecule has 0 bridgehead atoms. The number of nitrogens with one attached hydrogen (secondary N) is 1. The summed E-state index contributed by atoms with van der Waals surface area (Å²) in [5.41, 5.74) is 7.50. The average Bonchev–Trinajstić information content (AvgIpc) is 2.58. The third-order valence-corrected chi connectivity index (χ3v) is 3.25. The van der Waals surface area contributed by atoms with Crippen molar-refractivity contribution in [2.75, 3.05) is 13.2 Å². The Morgan fingerprint density at radius 3 is 1.96 bits per heavy atom. The highest BCUT2D eigenvalue weighted by Crippen LogP contribution is 2.06. The summed E-state index contributed by atoms with van der Waals surface area (Å²) in [7, 11) is 0. The lowest BCUT2D eigenvalue weighted by molar-refractivity contribution is -0.159. The van der Waals surface area contributed by atoms with E-state index in [0.717, 1.165) is 11.1 Å². The van der Waals surface area contributed by atoms with Crippen molar-refractivity contribution in [1.82, 2.24) is 5.32 Å². The maximum absolute atomic E-state index is 12.0. The topological polar surface area (TPSA) is 108 Å². The second kappa shape index (κ2) is 10.4. The van der Waals surface area contributed by atoms with E-state index in [0.29, 0.717) is 13.0 Å². The summed E-state index contributed by atoms with van der Waals surface area (Å²) in [5.74, 6) is -2.07. The summed E-state index contributed by atoms with van der Waals surface area (Å²) in [6.07, 6.45) is 0.617. The third kappa shape index (κ3) is 6.37. The molecule has 3 N–H and O–H groups in total. The van der Waals surface area contributed by atoms with Crippen LogP contribution in [0.3, 0.4) is 0 Å². The lowest BCUT2D eigenvalue weighted by Gasteiger charge is -2.15. The van der Waals surface area contributed by atoms with Crippen LogP contribution in [-0.2, 0) is 36.8 Å². The average molecular weight is 336 g/mol. The van der Waals surface area contributed by atoms with E-state index in [1.54, 1.807) is 13.8 Å². The predicted molar refractivity (Wildman–Crippen MR) is 87.9 cm³/mol. The highest BCUT2D eigenvalue weighted by molar-refractivity contribution is 6.02. The van der Waals surface area contributed by atoms with Gasteiger partial charge < -0.3 is 20.5 Å². The van der Waals surface area contributed by atoms with Crippen LogP contribution in [0, 0.1) is 0 Å². The quantitative estimate of drug-likeness (QED) is 0.507. The zero-order valence-electron chi connectivity index (χ0n) is 14.0. The zero-order valence-corrected chi connectivity index (χ0v) is 14.0. The molecule has 24 heavy (non-hydrogen) atoms. The number of hydrogen-bond acceptors (Lipinski definition) is 6. The molecule has 0 saturated carbocycles. The van der Waals surface area contributed by atoms with Crippen molar-refractivity contribution in [2.24, 2.45) is 5.73 Å². The van der Waals surface area contributed by atoms with Crippen LogP contribution >= 0.6 is 0 Å². The molecule has 0 aliphatic carbocycles. The second-order valence-corrected chi connectivity index (χ2v) is 5.03. The number of rotatable bonds is 9. The van der Waals surface area contributed by atoms with Gasteiger partial charge in [-0.2, -0.15) is 0 Å². The van der Waals surface area contributed by atoms with Crippen LogP contribution < -0.4 is 11.1 Å². The molecule has 0 atom stereocenters. The highest BCUT2D eigenvalue weighted by atomic mass is 16.6. The van der Waals surface area contributed by atoms with Gasteiger partial charge in [-0.15, -0.1) is 0 Å². The van der Waals surface area contributed by atoms with Gasteiger partial charge in [-0.1, -0.05) is 24.3 Å². The van der Waals surface area contributed by atoms with Crippen LogP contribution in [0.1, 0.15) is 31.4 Å². The molecule has 132 valence electrons. The van der Waals surface area contributed by atoms with E-state index < -0.39 is 23.9 Å². The monoisotopic (exact) mass is 336 g/mol. The SMILES string of the molecule is CCOC(=O)C(NC(=O)CCc1ccc(CN)cc1)C(=O)OCC. The molecule has 1 rings (SSSR count). The lowest BCUT2D eigenvalue weighted by Crippen LogP contribution is -2.48. The molecule has 0 heterocycles. The van der Waals surface area contributed by atoms with E-state index in [9.17, 15) is 14.4 Å². The van der Waals surface area contributed by atoms with Crippen molar-refractivity contribution in [3.8, 4) is 0 Å². The van der Waals surface area contributed by atoms with Gasteiger partial charge in [-0.25, -0.2) is 9.59 Å². The second-order valence-electron chi connectivity index (χ2n) is 5.03. The molecule has 1 amide bonds. The van der Waals surface area contributed by atoms with Gasteiger partial charge in [0.2, 0.25) is 11.9 Å². The number of ether oxygens (including phenoxy) is 2. The summed E-state index contributed by atoms with van der Waals surface area (Å²) < 4.78 is 9.59. The Bertz CT molecular complexity index is 539. The molecule has 7 heteroatoms. The van der Waals surface area contributed by atoms with Crippen molar-refractivity contribution < 1.29 is 23.9 Å². The van der Waals surface area contributed by atoms with Crippen molar-refractivity contribution >= 4 is 17.8 Å². The van der Waals surface area contributed by atoms with E-state index in [1.807, 2.05) is 24.3 Å². The van der Waals surface area contributed by atoms with E-state index in [1.165, 1.54) is 0 Å². The third-order valence-electron chi connectivity index (χ3n) is 3.25. The summed E-state index contributed by atoms with van der Waals surface area (Å²) in [4.78, 5) is 35.6. The van der Waals surface area contributed by atoms with Crippen LogP contribution in [0.15, 0.2) is 24.3 Å². The maximum atomic E-state index is 12.0. The number of hydrogen-bond donors (Lipinski definition) is 2. The van der Waals surface area contributed by atoms with Gasteiger partial charge in [-0.3, -0.25) is 4.79 Å². The molecular formula is C17H24N2O5. The van der Waals surface area contributed by atoms with Gasteiger partial charge in [0.15, 0.2) is 0 Å². The summed E-state index contributed by atoms with van der Waals surface area (Å²) in [5, 5.41) is 2.37. The van der Waals surface area contributed by atoms with Crippen LogP contribution in [0.5, 0.6) is 0 Å². The molecule has 0 fully saturated rings. The van der Waals surface area contributed by atoms with Crippen molar-refractivity contribution in [3.63, 3.8) is 0 Å². The fraction of sp³-hybridized carbons (Fsp3) is 0.471. The van der Waals surface area contributed by atoms with E-state index in [2.05, 4.69) is 5.32 Å². The molecule has 1 aromatic carbocycles. The summed E-state index contributed by atoms with van der Waals surface area (Å²) in [6.45, 7) is 3.91. The Morgan fingerprint density at radius 1 is 1.00 bits per heavy atom. The first-order chi connectivity index (χ1) is 11.5. The molecule has 0 radical (unpaired) electrons. The van der Waals surface area contributed by atoms with Crippen LogP contribution in [-0.4, -0.2) is 37.1 Å². The molecule has 0 aliphatic heterocycles. The smallest absolute Gasteiger partial charge is 0.340 e. The lowest BCUT2D eigenvalue weighted by atomic mass is 10.1. The number of nitrogens with two attached hydrogens (primary N) is 1. The normalized spacial score (nSPS) is 10.3. The van der Waals surface area contributed by atoms with Crippen molar-refractivity contribution in [2.45, 2.75) is 39.3 Å². The fourth-order valence-corrected chi connectivity index (χ4v) is 2.00. The molecule has 7 nitrogen and oxygen atoms in total. The first-order valence-corrected chi connectivity index (χ1v) is 7.92. The molecule has 0 saturated heterocycles. The Hall–Kier alpha value is -2.41. The van der Waals surface area contributed by atoms with Crippen molar-refractivity contribution in [1.29, 1.82) is 0 Å². The van der Waals surface area contributed by atoms with Gasteiger partial charge in [0, 0.05) is 13.0 Å². The zero-order chi connectivity index (χ0) is 17.9. The maximum Gasteiger partial charge on any atom is 0.340 e. The molecule has 0 unspecified atom stereocenters. The Morgan fingerprint density at radius 2 is 1.50 bits per heavy atom. The van der Waals surface area contributed by atoms with E-state index >= 15 is 0 Å². The molecular weight excluding hydrogens is 312 g/mol. The van der Waals surface area contributed by atoms with Crippen molar-refractivity contribution in [3.05, 3.63) is 35.4 Å². The minimum absolute atomic E-state index is 0.109. The van der Waals surface area contributed by atoms with Gasteiger partial charge in [0.05, 0.1) is 13.2 Å². The minimum Gasteiger partial charge on any atom is -0.464 e. The first kappa shape index (κ1) is 19.6. The Balaban J connectivity index is 2.59. The van der Waals surface area contributed by atoms with Crippen LogP contribution in [0.25, 0.3) is 0 Å². The van der Waals surface area contributed by atoms with Crippen LogP contribution in [0.4, 0.5) is 0 Å². The highest BCUT2D eigenvalue weighted by Gasteiger charge is 2.30. The fourth-order valence-electron chi connectivity index (χ4n) is 2.00. The summed E-state index contributed by atoms with van der Waals surface area (Å²) in [6, 6.07) is 6.14. The molecule has 0 aliphatic rings. The number of carbonyl (C=O) groups excluding carboxylic acids is 3. The predicted octanol–water partition coefficient (Wildman–Crippen LogP) is 0.689. The molecule has 0 spiro atoms. The van der Waals surface area contributed by atoms with Gasteiger partial charge in [0.1, 0.15) is 0 Å². The molecule has 0 aromatic heterocycles. The Labute approximate surface area is 141 Å². The number of esters is 2. The largest absolute Gasteiger partial charge is 0.464 e. The van der Waals surface area contributed by atoms with E-state index in [-0.39, 0.29) is 19.6 Å². The standard InChI is InChI=1S/C17H24N2O5/c1-3-23-16(21)15(17(22)24-4-2)19-14(20)10-9-12-5-7-13(11-18)8-6-12/h5-8,15H,3-4,9-11,18H2,1-2H3,(H,19,20). The number of benzene rings is 1. The summed E-state index contributed by atoms with van der Waals surface area (Å²) >= 11 is 0. The van der Waals surface area contributed by atoms with Gasteiger partial charge in [-0.05, 0) is 31.4 Å². The minimum atomic E-state index is -1.43. The number of aryl methyl sites for hydroxylation is 1. The first-order valence-electron chi connectivity index (χ1n) is 7.92. The van der Waals surface area contributed by atoms with E-state index in [4.69, 9.17) is 15.2 Å². The number of amides is 1. The number of carbonyl (C=O) groups is 3. The van der Waals surface area contributed by atoms with Gasteiger partial charge >= 0.3 is 11.9 Å². The Kier molecular flexibility index (Phi) is 8.49. The van der Waals surface area contributed by atoms with Crippen LogP contribution in [0.2, 0.25) is 0 Å². The molecule has 1 aromatic rings.